The summed E-state index contributed by atoms with van der Waals surface area (Å²) in [7, 11) is -4.53. The third-order valence-electron chi connectivity index (χ3n) is 3.45. The van der Waals surface area contributed by atoms with Crippen molar-refractivity contribution < 1.29 is 22.5 Å². The monoisotopic (exact) mass is 368 g/mol. The van der Waals surface area contributed by atoms with Crippen molar-refractivity contribution in [1.29, 1.82) is 0 Å². The summed E-state index contributed by atoms with van der Waals surface area (Å²) < 4.78 is 37.0. The first-order chi connectivity index (χ1) is 11.4. The van der Waals surface area contributed by atoms with Crippen LogP contribution in [0.2, 0.25) is 0 Å². The van der Waals surface area contributed by atoms with Crippen molar-refractivity contribution in [2.24, 2.45) is 0 Å². The van der Waals surface area contributed by atoms with Gasteiger partial charge in [0.05, 0.1) is 5.03 Å². The lowest BCUT2D eigenvalue weighted by Crippen LogP contribution is -2.51. The Labute approximate surface area is 143 Å². The maximum atomic E-state index is 11.9. The Balaban J connectivity index is 1.79. The molecule has 0 aliphatic carbocycles. The Morgan fingerprint density at radius 2 is 1.92 bits per heavy atom. The first-order valence-electron chi connectivity index (χ1n) is 6.87. The molecule has 24 heavy (non-hydrogen) atoms. The van der Waals surface area contributed by atoms with E-state index in [1.165, 1.54) is 0 Å². The van der Waals surface area contributed by atoms with E-state index in [0.717, 1.165) is 21.9 Å². The summed E-state index contributed by atoms with van der Waals surface area (Å²) in [6.07, 6.45) is 1.12. The molecule has 0 aromatic heterocycles. The van der Waals surface area contributed by atoms with E-state index in [1.54, 1.807) is 6.07 Å². The summed E-state index contributed by atoms with van der Waals surface area (Å²) in [5.41, 5.74) is 0. The zero-order valence-corrected chi connectivity index (χ0v) is 13.8. The van der Waals surface area contributed by atoms with Gasteiger partial charge in [0.25, 0.3) is 10.1 Å². The third kappa shape index (κ3) is 3.30. The highest BCUT2D eigenvalue weighted by Gasteiger charge is 2.34. The molecule has 0 spiro atoms. The number of carbonyl (C=O) groups excluding carboxylic acids is 1. The van der Waals surface area contributed by atoms with Gasteiger partial charge in [0.2, 0.25) is 0 Å². The van der Waals surface area contributed by atoms with E-state index in [-0.39, 0.29) is 11.8 Å². The molecule has 3 rings (SSSR count). The number of nitrogens with zero attached hydrogens (tertiary/aromatic N) is 1. The Morgan fingerprint density at radius 1 is 1.21 bits per heavy atom. The second-order valence-electron chi connectivity index (χ2n) is 5.08. The summed E-state index contributed by atoms with van der Waals surface area (Å²) in [5.74, 6) is 0.572. The molecule has 1 aliphatic rings. The molecule has 2 aromatic rings. The molecule has 2 N–H and O–H groups in total. The molecule has 0 fully saturated rings. The number of ether oxygens (including phenoxy) is 1. The normalized spacial score (nSPS) is 18.2. The van der Waals surface area contributed by atoms with Gasteiger partial charge in [-0.25, -0.2) is 4.79 Å². The molecular weight excluding hydrogens is 356 g/mol. The first kappa shape index (κ1) is 16.6. The van der Waals surface area contributed by atoms with Gasteiger partial charge in [-0.15, -0.1) is 0 Å². The van der Waals surface area contributed by atoms with Crippen LogP contribution in [-0.2, 0) is 10.1 Å². The molecule has 1 atom stereocenters. The van der Waals surface area contributed by atoms with Gasteiger partial charge in [0.15, 0.2) is 12.1 Å². The molecule has 0 radical (unpaired) electrons. The second kappa shape index (κ2) is 6.31. The molecule has 1 unspecified atom stereocenters. The van der Waals surface area contributed by atoms with Crippen LogP contribution >= 0.6 is 11.6 Å². The Morgan fingerprint density at radius 3 is 2.67 bits per heavy atom. The minimum atomic E-state index is -4.53. The van der Waals surface area contributed by atoms with Crippen LogP contribution in [-0.4, -0.2) is 36.0 Å². The number of benzene rings is 2. The van der Waals surface area contributed by atoms with Crippen LogP contribution in [0.15, 0.2) is 53.7 Å². The van der Waals surface area contributed by atoms with Crippen molar-refractivity contribution in [3.05, 3.63) is 53.7 Å². The molecular formula is C15H13ClN2O5S. The van der Waals surface area contributed by atoms with Crippen LogP contribution in [0.5, 0.6) is 5.75 Å². The zero-order valence-electron chi connectivity index (χ0n) is 12.2. The lowest BCUT2D eigenvalue weighted by atomic mass is 10.1. The number of halogens is 1. The fourth-order valence-corrected chi connectivity index (χ4v) is 3.42. The van der Waals surface area contributed by atoms with Gasteiger partial charge in [-0.05, 0) is 11.5 Å². The first-order valence-corrected chi connectivity index (χ1v) is 8.75. The van der Waals surface area contributed by atoms with Gasteiger partial charge in [0.1, 0.15) is 5.75 Å². The molecule has 7 nitrogen and oxygen atoms in total. The van der Waals surface area contributed by atoms with Gasteiger partial charge in [-0.2, -0.15) is 8.42 Å². The van der Waals surface area contributed by atoms with Crippen molar-refractivity contribution in [3.63, 3.8) is 0 Å². The topological polar surface area (TPSA) is 95.9 Å². The number of amides is 2. The maximum absolute atomic E-state index is 11.9. The maximum Gasteiger partial charge on any atom is 0.325 e. The van der Waals surface area contributed by atoms with Gasteiger partial charge >= 0.3 is 6.03 Å². The van der Waals surface area contributed by atoms with E-state index < -0.39 is 21.5 Å². The summed E-state index contributed by atoms with van der Waals surface area (Å²) in [6.45, 7) is -0.172. The number of rotatable bonds is 4. The van der Waals surface area contributed by atoms with Gasteiger partial charge in [-0.1, -0.05) is 48.0 Å². The lowest BCUT2D eigenvalue weighted by Gasteiger charge is -2.28. The smallest absolute Gasteiger partial charge is 0.325 e. The Kier molecular flexibility index (Phi) is 4.35. The van der Waals surface area contributed by atoms with Crippen LogP contribution in [0.4, 0.5) is 4.79 Å². The quantitative estimate of drug-likeness (QED) is 0.808. The number of fused-ring (bicyclic) bond motifs is 1. The fourth-order valence-electron chi connectivity index (χ4n) is 2.31. The van der Waals surface area contributed by atoms with Crippen LogP contribution in [0.25, 0.3) is 10.8 Å². The van der Waals surface area contributed by atoms with E-state index in [0.29, 0.717) is 5.75 Å². The molecule has 0 saturated heterocycles. The zero-order chi connectivity index (χ0) is 17.3. The number of urea groups is 1. The van der Waals surface area contributed by atoms with Crippen molar-refractivity contribution in [3.8, 4) is 5.75 Å². The fraction of sp³-hybridized carbons (Fsp3) is 0.133. The molecule has 0 saturated carbocycles. The van der Waals surface area contributed by atoms with E-state index in [1.807, 2.05) is 36.4 Å². The summed E-state index contributed by atoms with van der Waals surface area (Å²) in [6, 6.07) is 12.4. The minimum Gasteiger partial charge on any atom is -0.472 e. The average molecular weight is 369 g/mol. The lowest BCUT2D eigenvalue weighted by molar-refractivity contribution is 0.162. The van der Waals surface area contributed by atoms with Crippen LogP contribution in [0.3, 0.4) is 0 Å². The van der Waals surface area contributed by atoms with Crippen LogP contribution in [0, 0.1) is 0 Å². The van der Waals surface area contributed by atoms with Crippen LogP contribution in [0.1, 0.15) is 0 Å². The number of hydrogen-bond acceptors (Lipinski definition) is 4. The summed E-state index contributed by atoms with van der Waals surface area (Å²) in [4.78, 5) is 13.0. The predicted molar refractivity (Wildman–Crippen MR) is 89.1 cm³/mol. The molecule has 1 aliphatic heterocycles. The highest BCUT2D eigenvalue weighted by molar-refractivity contribution is 7.86. The van der Waals surface area contributed by atoms with Gasteiger partial charge in [0, 0.05) is 11.6 Å². The van der Waals surface area contributed by atoms with E-state index >= 15 is 0 Å². The molecule has 0 bridgehead atoms. The summed E-state index contributed by atoms with van der Waals surface area (Å²) >= 11 is 5.81. The SMILES string of the molecule is O=C1NC(S(=O)(=O)O)C(Cl)=CN1COc1cccc2ccccc12. The van der Waals surface area contributed by atoms with Crippen LogP contribution < -0.4 is 10.1 Å². The highest BCUT2D eigenvalue weighted by atomic mass is 35.5. The molecule has 1 heterocycles. The number of nitrogens with one attached hydrogen (secondary N) is 1. The predicted octanol–water partition coefficient (Wildman–Crippen LogP) is 2.50. The third-order valence-corrected chi connectivity index (χ3v) is 4.86. The standard InChI is InChI=1S/C15H13ClN2O5S/c16-12-8-18(15(19)17-14(12)24(20,21)22)9-23-13-7-3-5-10-4-1-2-6-11(10)13/h1-8,14H,9H2,(H,17,19)(H,20,21,22). The Hall–Kier alpha value is -2.29. The molecule has 9 heteroatoms. The van der Waals surface area contributed by atoms with E-state index in [9.17, 15) is 13.2 Å². The largest absolute Gasteiger partial charge is 0.472 e. The molecule has 2 aromatic carbocycles. The van der Waals surface area contributed by atoms with Crippen molar-refractivity contribution in [2.75, 3.05) is 6.73 Å². The molecule has 126 valence electrons. The van der Waals surface area contributed by atoms with Crippen molar-refractivity contribution in [2.45, 2.75) is 5.37 Å². The van der Waals surface area contributed by atoms with Crippen molar-refractivity contribution >= 4 is 38.5 Å². The average Bonchev–Trinajstić information content (AvgIpc) is 2.54. The highest BCUT2D eigenvalue weighted by Crippen LogP contribution is 2.26. The second-order valence-corrected chi connectivity index (χ2v) is 7.02. The van der Waals surface area contributed by atoms with E-state index in [4.69, 9.17) is 20.9 Å². The van der Waals surface area contributed by atoms with Gasteiger partial charge < -0.3 is 10.1 Å². The van der Waals surface area contributed by atoms with Crippen molar-refractivity contribution in [1.82, 2.24) is 10.2 Å². The Bertz CT molecular complexity index is 923. The molecule has 2 amide bonds. The summed E-state index contributed by atoms with van der Waals surface area (Å²) in [5, 5.41) is 2.06. The number of carbonyl (C=O) groups is 1. The minimum absolute atomic E-state index is 0.172. The van der Waals surface area contributed by atoms with E-state index in [2.05, 4.69) is 5.32 Å². The number of hydrogen-bond donors (Lipinski definition) is 2. The van der Waals surface area contributed by atoms with Gasteiger partial charge in [-0.3, -0.25) is 9.45 Å².